The molecule has 0 spiro atoms. The Hall–Kier alpha value is -2.90. The summed E-state index contributed by atoms with van der Waals surface area (Å²) in [5.41, 5.74) is 1.02. The van der Waals surface area contributed by atoms with Crippen LogP contribution in [0.15, 0.2) is 33.6 Å². The molecule has 2 N–H and O–H groups in total. The summed E-state index contributed by atoms with van der Waals surface area (Å²) >= 11 is 0. The average molecular weight is 437 g/mol. The minimum Gasteiger partial charge on any atom is -0.330 e. The van der Waals surface area contributed by atoms with E-state index in [-0.39, 0.29) is 17.2 Å². The van der Waals surface area contributed by atoms with Gasteiger partial charge in [-0.15, -0.1) is 0 Å². The molecule has 4 bridgehead atoms. The number of likely N-dealkylation sites (tertiary alicyclic amines) is 1. The molecule has 168 valence electrons. The molecule has 1 atom stereocenters. The van der Waals surface area contributed by atoms with E-state index in [2.05, 4.69) is 20.0 Å². The number of aromatic amines is 1. The fourth-order valence-electron chi connectivity index (χ4n) is 7.28. The van der Waals surface area contributed by atoms with E-state index >= 15 is 0 Å². The van der Waals surface area contributed by atoms with Crippen molar-refractivity contribution >= 4 is 17.5 Å². The summed E-state index contributed by atoms with van der Waals surface area (Å²) < 4.78 is 4.57. The number of carbonyl (C=O) groups excluding carboxylic acids is 2. The Morgan fingerprint density at radius 2 is 1.84 bits per heavy atom. The van der Waals surface area contributed by atoms with Crippen molar-refractivity contribution in [1.29, 1.82) is 0 Å². The fraction of sp³-hybridized carbons (Fsp3) is 0.583. The van der Waals surface area contributed by atoms with Crippen LogP contribution in [0.2, 0.25) is 0 Å². The zero-order chi connectivity index (χ0) is 21.9. The zero-order valence-corrected chi connectivity index (χ0v) is 18.0. The standard InChI is InChI=1S/C24H28N4O4/c29-21(25-18-4-1-3-17(10-18)20-26-23(31)32-27-20)19-5-2-6-28(19)22(30)24-11-14-7-15(12-24)9-16(8-14)13-24/h1,3-4,10,14-16,19H,2,5-9,11-13H2,(H,25,29)(H,26,27,31). The fourth-order valence-corrected chi connectivity index (χ4v) is 7.28. The second-order valence-corrected chi connectivity index (χ2v) is 10.4. The first-order valence-corrected chi connectivity index (χ1v) is 11.8. The van der Waals surface area contributed by atoms with Gasteiger partial charge in [-0.1, -0.05) is 17.3 Å². The van der Waals surface area contributed by atoms with E-state index < -0.39 is 11.8 Å². The maximum atomic E-state index is 13.8. The molecule has 5 aliphatic rings. The van der Waals surface area contributed by atoms with Crippen LogP contribution in [0.3, 0.4) is 0 Å². The molecule has 0 radical (unpaired) electrons. The van der Waals surface area contributed by atoms with Crippen LogP contribution in [0.25, 0.3) is 11.4 Å². The molecule has 2 amide bonds. The molecule has 4 aliphatic carbocycles. The number of benzene rings is 1. The number of nitrogens with zero attached hydrogens (tertiary/aromatic N) is 2. The third-order valence-corrected chi connectivity index (χ3v) is 8.15. The number of hydrogen-bond donors (Lipinski definition) is 2. The topological polar surface area (TPSA) is 108 Å². The third kappa shape index (κ3) is 3.27. The Kier molecular flexibility index (Phi) is 4.52. The summed E-state index contributed by atoms with van der Waals surface area (Å²) in [6.07, 6.45) is 8.48. The van der Waals surface area contributed by atoms with Crippen molar-refractivity contribution in [3.05, 3.63) is 34.8 Å². The van der Waals surface area contributed by atoms with Crippen LogP contribution in [-0.4, -0.2) is 39.4 Å². The lowest BCUT2D eigenvalue weighted by atomic mass is 9.49. The van der Waals surface area contributed by atoms with E-state index in [4.69, 9.17) is 0 Å². The van der Waals surface area contributed by atoms with E-state index in [0.29, 0.717) is 47.8 Å². The Bertz CT molecular complexity index is 1080. The van der Waals surface area contributed by atoms with Gasteiger partial charge < -0.3 is 10.2 Å². The Morgan fingerprint density at radius 3 is 2.50 bits per heavy atom. The molecule has 8 nitrogen and oxygen atoms in total. The van der Waals surface area contributed by atoms with Crippen LogP contribution < -0.4 is 11.1 Å². The molecule has 4 saturated carbocycles. The van der Waals surface area contributed by atoms with Crippen molar-refractivity contribution in [2.24, 2.45) is 23.2 Å². The minimum absolute atomic E-state index is 0.147. The molecular formula is C24H28N4O4. The van der Waals surface area contributed by atoms with Crippen molar-refractivity contribution in [2.45, 2.75) is 57.4 Å². The molecule has 1 unspecified atom stereocenters. The summed E-state index contributed by atoms with van der Waals surface area (Å²) in [7, 11) is 0. The van der Waals surface area contributed by atoms with Gasteiger partial charge in [0.05, 0.1) is 5.41 Å². The first kappa shape index (κ1) is 19.8. The van der Waals surface area contributed by atoms with Crippen molar-refractivity contribution in [3.8, 4) is 11.4 Å². The number of aromatic nitrogens is 2. The second kappa shape index (κ2) is 7.32. The summed E-state index contributed by atoms with van der Waals surface area (Å²) in [6.45, 7) is 0.666. The van der Waals surface area contributed by atoms with Gasteiger partial charge in [-0.25, -0.2) is 4.79 Å². The summed E-state index contributed by atoms with van der Waals surface area (Å²) in [5.74, 6) is 1.86. The van der Waals surface area contributed by atoms with Gasteiger partial charge in [0.15, 0.2) is 5.82 Å². The van der Waals surface area contributed by atoms with Crippen LogP contribution in [0.5, 0.6) is 0 Å². The van der Waals surface area contributed by atoms with Crippen molar-refractivity contribution in [1.82, 2.24) is 15.0 Å². The highest BCUT2D eigenvalue weighted by atomic mass is 16.5. The van der Waals surface area contributed by atoms with Crippen molar-refractivity contribution in [2.75, 3.05) is 11.9 Å². The summed E-state index contributed by atoms with van der Waals surface area (Å²) in [5, 5.41) is 6.68. The van der Waals surface area contributed by atoms with Crippen LogP contribution in [-0.2, 0) is 9.59 Å². The lowest BCUT2D eigenvalue weighted by Crippen LogP contribution is -2.56. The number of hydrogen-bond acceptors (Lipinski definition) is 5. The summed E-state index contributed by atoms with van der Waals surface area (Å²) in [4.78, 5) is 42.6. The van der Waals surface area contributed by atoms with Crippen LogP contribution in [0.4, 0.5) is 5.69 Å². The highest BCUT2D eigenvalue weighted by Gasteiger charge is 2.56. The molecule has 1 aromatic heterocycles. The smallest absolute Gasteiger partial charge is 0.330 e. The highest BCUT2D eigenvalue weighted by molar-refractivity contribution is 5.98. The normalized spacial score (nSPS) is 32.9. The van der Waals surface area contributed by atoms with Crippen LogP contribution >= 0.6 is 0 Å². The number of H-pyrrole nitrogens is 1. The third-order valence-electron chi connectivity index (χ3n) is 8.15. The number of rotatable bonds is 4. The van der Waals surface area contributed by atoms with Gasteiger partial charge in [0, 0.05) is 17.8 Å². The zero-order valence-electron chi connectivity index (χ0n) is 18.0. The van der Waals surface area contributed by atoms with Crippen LogP contribution in [0.1, 0.15) is 51.4 Å². The van der Waals surface area contributed by atoms with Gasteiger partial charge >= 0.3 is 5.76 Å². The molecule has 2 aromatic rings. The van der Waals surface area contributed by atoms with E-state index in [1.807, 2.05) is 4.90 Å². The van der Waals surface area contributed by atoms with E-state index in [1.54, 1.807) is 24.3 Å². The van der Waals surface area contributed by atoms with E-state index in [0.717, 1.165) is 25.7 Å². The van der Waals surface area contributed by atoms with Crippen molar-refractivity contribution < 1.29 is 14.1 Å². The number of nitrogens with one attached hydrogen (secondary N) is 2. The maximum absolute atomic E-state index is 13.8. The number of carbonyl (C=O) groups is 2. The van der Waals surface area contributed by atoms with E-state index in [9.17, 15) is 14.4 Å². The van der Waals surface area contributed by atoms with Gasteiger partial charge in [0.1, 0.15) is 6.04 Å². The van der Waals surface area contributed by atoms with Gasteiger partial charge in [-0.2, -0.15) is 0 Å². The Labute approximate surface area is 185 Å². The predicted octanol–water partition coefficient (Wildman–Crippen LogP) is 3.18. The van der Waals surface area contributed by atoms with Gasteiger partial charge in [0.25, 0.3) is 0 Å². The first-order chi connectivity index (χ1) is 15.5. The van der Waals surface area contributed by atoms with E-state index in [1.165, 1.54) is 19.3 Å². The largest absolute Gasteiger partial charge is 0.439 e. The molecule has 5 fully saturated rings. The average Bonchev–Trinajstić information content (AvgIpc) is 3.42. The molecule has 2 heterocycles. The van der Waals surface area contributed by atoms with Gasteiger partial charge in [-0.3, -0.25) is 19.1 Å². The lowest BCUT2D eigenvalue weighted by Gasteiger charge is -2.56. The molecule has 1 aromatic carbocycles. The SMILES string of the molecule is O=C(Nc1cccc(-c2noc(=O)[nH]2)c1)C1CCCN1C(=O)C12CC3CC(CC(C3)C1)C2. The Morgan fingerprint density at radius 1 is 1.12 bits per heavy atom. The molecule has 1 saturated heterocycles. The van der Waals surface area contributed by atoms with Gasteiger partial charge in [0.2, 0.25) is 11.8 Å². The molecule has 32 heavy (non-hydrogen) atoms. The Balaban J connectivity index is 1.19. The minimum atomic E-state index is -0.626. The maximum Gasteiger partial charge on any atom is 0.439 e. The molecule has 8 heteroatoms. The van der Waals surface area contributed by atoms with Gasteiger partial charge in [-0.05, 0) is 81.3 Å². The molecule has 1 aliphatic heterocycles. The second-order valence-electron chi connectivity index (χ2n) is 10.4. The quantitative estimate of drug-likeness (QED) is 0.765. The molecular weight excluding hydrogens is 408 g/mol. The first-order valence-electron chi connectivity index (χ1n) is 11.8. The van der Waals surface area contributed by atoms with Crippen molar-refractivity contribution in [3.63, 3.8) is 0 Å². The number of amides is 2. The molecule has 7 rings (SSSR count). The number of anilines is 1. The van der Waals surface area contributed by atoms with Crippen LogP contribution in [0, 0.1) is 23.2 Å². The summed E-state index contributed by atoms with van der Waals surface area (Å²) in [6, 6.07) is 6.67. The lowest BCUT2D eigenvalue weighted by molar-refractivity contribution is -0.160. The predicted molar refractivity (Wildman–Crippen MR) is 117 cm³/mol. The monoisotopic (exact) mass is 436 g/mol. The highest BCUT2D eigenvalue weighted by Crippen LogP contribution is 2.60.